The van der Waals surface area contributed by atoms with E-state index in [1.54, 1.807) is 12.1 Å². The summed E-state index contributed by atoms with van der Waals surface area (Å²) in [7, 11) is 0. The van der Waals surface area contributed by atoms with E-state index in [0.717, 1.165) is 43.7 Å². The lowest BCUT2D eigenvalue weighted by Crippen LogP contribution is -2.12. The molecule has 1 atom stereocenters. The third-order valence-corrected chi connectivity index (χ3v) is 3.23. The van der Waals surface area contributed by atoms with E-state index in [9.17, 15) is 10.1 Å². The molecule has 0 aromatic heterocycles. The van der Waals surface area contributed by atoms with Gasteiger partial charge in [-0.25, -0.2) is 0 Å². The van der Waals surface area contributed by atoms with Crippen LogP contribution in [0.15, 0.2) is 18.2 Å². The summed E-state index contributed by atoms with van der Waals surface area (Å²) in [6.45, 7) is 3.59. The van der Waals surface area contributed by atoms with E-state index in [0.29, 0.717) is 6.10 Å². The van der Waals surface area contributed by atoms with Crippen LogP contribution in [-0.4, -0.2) is 24.2 Å². The van der Waals surface area contributed by atoms with Crippen molar-refractivity contribution in [2.24, 2.45) is 0 Å². The number of rotatable bonds is 5. The van der Waals surface area contributed by atoms with E-state index in [4.69, 9.17) is 4.74 Å². The van der Waals surface area contributed by atoms with Crippen molar-refractivity contribution in [3.63, 3.8) is 0 Å². The van der Waals surface area contributed by atoms with Gasteiger partial charge in [-0.3, -0.25) is 10.1 Å². The van der Waals surface area contributed by atoms with Crippen LogP contribution >= 0.6 is 0 Å². The molecule has 2 rings (SSSR count). The van der Waals surface area contributed by atoms with Crippen LogP contribution in [0.5, 0.6) is 0 Å². The number of nitro groups is 1. The van der Waals surface area contributed by atoms with Crippen LogP contribution in [0.1, 0.15) is 24.8 Å². The zero-order valence-corrected chi connectivity index (χ0v) is 10.5. The van der Waals surface area contributed by atoms with Crippen molar-refractivity contribution < 1.29 is 9.66 Å². The zero-order valence-electron chi connectivity index (χ0n) is 10.5. The van der Waals surface area contributed by atoms with Crippen molar-refractivity contribution in [2.75, 3.05) is 18.5 Å². The van der Waals surface area contributed by atoms with Gasteiger partial charge in [-0.1, -0.05) is 0 Å². The number of anilines is 1. The lowest BCUT2D eigenvalue weighted by atomic mass is 10.1. The smallest absolute Gasteiger partial charge is 0.269 e. The van der Waals surface area contributed by atoms with Gasteiger partial charge >= 0.3 is 0 Å². The first-order valence-electron chi connectivity index (χ1n) is 6.27. The first-order chi connectivity index (χ1) is 8.66. The minimum Gasteiger partial charge on any atom is -0.385 e. The molecule has 0 saturated carbocycles. The molecule has 0 amide bonds. The van der Waals surface area contributed by atoms with E-state index in [1.807, 2.05) is 6.92 Å². The molecule has 1 N–H and O–H groups in total. The van der Waals surface area contributed by atoms with Crippen LogP contribution < -0.4 is 5.32 Å². The van der Waals surface area contributed by atoms with Crippen LogP contribution in [0.2, 0.25) is 0 Å². The summed E-state index contributed by atoms with van der Waals surface area (Å²) in [6.07, 6.45) is 3.65. The molecule has 18 heavy (non-hydrogen) atoms. The van der Waals surface area contributed by atoms with Gasteiger partial charge < -0.3 is 10.1 Å². The van der Waals surface area contributed by atoms with Crippen LogP contribution in [-0.2, 0) is 4.74 Å². The van der Waals surface area contributed by atoms with E-state index in [2.05, 4.69) is 5.32 Å². The fourth-order valence-electron chi connectivity index (χ4n) is 2.20. The Labute approximate surface area is 106 Å². The fourth-order valence-corrected chi connectivity index (χ4v) is 2.20. The second-order valence-corrected chi connectivity index (χ2v) is 4.61. The number of nitrogens with zero attached hydrogens (tertiary/aromatic N) is 1. The molecule has 0 spiro atoms. The highest BCUT2D eigenvalue weighted by atomic mass is 16.6. The Morgan fingerprint density at radius 1 is 1.56 bits per heavy atom. The summed E-state index contributed by atoms with van der Waals surface area (Å²) in [5.41, 5.74) is 1.99. The molecule has 1 aromatic rings. The Morgan fingerprint density at radius 2 is 2.39 bits per heavy atom. The normalized spacial score (nSPS) is 18.8. The molecule has 0 aliphatic carbocycles. The summed E-state index contributed by atoms with van der Waals surface area (Å²) < 4.78 is 5.54. The molecule has 1 aliphatic rings. The quantitative estimate of drug-likeness (QED) is 0.644. The standard InChI is InChI=1S/C13H18N2O3/c1-10-9-11(15(16)17)4-5-13(10)14-7-6-12-3-2-8-18-12/h4-5,9,12,14H,2-3,6-8H2,1H3. The van der Waals surface area contributed by atoms with E-state index < -0.39 is 0 Å². The SMILES string of the molecule is Cc1cc([N+](=O)[O-])ccc1NCCC1CCCO1. The average Bonchev–Trinajstić information content (AvgIpc) is 2.84. The summed E-state index contributed by atoms with van der Waals surface area (Å²) in [5, 5.41) is 13.9. The first kappa shape index (κ1) is 12.8. The lowest BCUT2D eigenvalue weighted by molar-refractivity contribution is -0.384. The number of non-ortho nitro benzene ring substituents is 1. The third kappa shape index (κ3) is 3.20. The maximum Gasteiger partial charge on any atom is 0.269 e. The third-order valence-electron chi connectivity index (χ3n) is 3.23. The molecule has 5 nitrogen and oxygen atoms in total. The molecule has 1 unspecified atom stereocenters. The Hall–Kier alpha value is -1.62. The first-order valence-corrected chi connectivity index (χ1v) is 6.27. The predicted octanol–water partition coefficient (Wildman–Crippen LogP) is 2.88. The number of hydrogen-bond acceptors (Lipinski definition) is 4. The van der Waals surface area contributed by atoms with Crippen LogP contribution in [0.25, 0.3) is 0 Å². The molecule has 1 aromatic carbocycles. The number of nitro benzene ring substituents is 1. The monoisotopic (exact) mass is 250 g/mol. The molecule has 98 valence electrons. The predicted molar refractivity (Wildman–Crippen MR) is 69.9 cm³/mol. The second-order valence-electron chi connectivity index (χ2n) is 4.61. The highest BCUT2D eigenvalue weighted by Gasteiger charge is 2.15. The number of ether oxygens (including phenoxy) is 1. The van der Waals surface area contributed by atoms with Gasteiger partial charge in [0.1, 0.15) is 0 Å². The van der Waals surface area contributed by atoms with Crippen molar-refractivity contribution in [1.82, 2.24) is 0 Å². The van der Waals surface area contributed by atoms with Crippen molar-refractivity contribution in [3.05, 3.63) is 33.9 Å². The van der Waals surface area contributed by atoms with Gasteiger partial charge in [-0.15, -0.1) is 0 Å². The number of nitrogens with one attached hydrogen (secondary N) is 1. The molecule has 0 bridgehead atoms. The minimum atomic E-state index is -0.372. The van der Waals surface area contributed by atoms with Gasteiger partial charge in [0, 0.05) is 31.0 Å². The number of aryl methyl sites for hydroxylation is 1. The zero-order chi connectivity index (χ0) is 13.0. The second kappa shape index (κ2) is 5.82. The minimum absolute atomic E-state index is 0.136. The van der Waals surface area contributed by atoms with Crippen molar-refractivity contribution >= 4 is 11.4 Å². The molecule has 1 fully saturated rings. The summed E-state index contributed by atoms with van der Waals surface area (Å²) >= 11 is 0. The van der Waals surface area contributed by atoms with Gasteiger partial charge in [0.15, 0.2) is 0 Å². The van der Waals surface area contributed by atoms with Crippen LogP contribution in [0, 0.1) is 17.0 Å². The van der Waals surface area contributed by atoms with Crippen LogP contribution in [0.3, 0.4) is 0 Å². The fraction of sp³-hybridized carbons (Fsp3) is 0.538. The van der Waals surface area contributed by atoms with Crippen molar-refractivity contribution in [2.45, 2.75) is 32.3 Å². The van der Waals surface area contributed by atoms with E-state index >= 15 is 0 Å². The molecule has 1 heterocycles. The average molecular weight is 250 g/mol. The molecule has 1 saturated heterocycles. The number of benzene rings is 1. The highest BCUT2D eigenvalue weighted by Crippen LogP contribution is 2.22. The molecule has 0 radical (unpaired) electrons. The summed E-state index contributed by atoms with van der Waals surface area (Å²) in [6, 6.07) is 4.89. The van der Waals surface area contributed by atoms with Crippen LogP contribution in [0.4, 0.5) is 11.4 Å². The molecular formula is C13H18N2O3. The maximum atomic E-state index is 10.6. The highest BCUT2D eigenvalue weighted by molar-refractivity contribution is 5.55. The van der Waals surface area contributed by atoms with Crippen molar-refractivity contribution in [3.8, 4) is 0 Å². The molecular weight excluding hydrogens is 232 g/mol. The van der Waals surface area contributed by atoms with Gasteiger partial charge in [0.05, 0.1) is 11.0 Å². The Morgan fingerprint density at radius 3 is 3.00 bits per heavy atom. The topological polar surface area (TPSA) is 64.4 Å². The lowest BCUT2D eigenvalue weighted by Gasteiger charge is -2.12. The van der Waals surface area contributed by atoms with Crippen molar-refractivity contribution in [1.29, 1.82) is 0 Å². The Bertz CT molecular complexity index is 428. The maximum absolute atomic E-state index is 10.6. The van der Waals surface area contributed by atoms with Gasteiger partial charge in [0.25, 0.3) is 5.69 Å². The van der Waals surface area contributed by atoms with E-state index in [1.165, 1.54) is 6.07 Å². The van der Waals surface area contributed by atoms with E-state index in [-0.39, 0.29) is 10.6 Å². The molecule has 1 aliphatic heterocycles. The van der Waals surface area contributed by atoms with Gasteiger partial charge in [-0.2, -0.15) is 0 Å². The summed E-state index contributed by atoms with van der Waals surface area (Å²) in [5.74, 6) is 0. The Kier molecular flexibility index (Phi) is 4.15. The largest absolute Gasteiger partial charge is 0.385 e. The Balaban J connectivity index is 1.87. The summed E-state index contributed by atoms with van der Waals surface area (Å²) in [4.78, 5) is 10.2. The number of hydrogen-bond donors (Lipinski definition) is 1. The van der Waals surface area contributed by atoms with Gasteiger partial charge in [0.2, 0.25) is 0 Å². The molecule has 5 heteroatoms. The van der Waals surface area contributed by atoms with Gasteiger partial charge in [-0.05, 0) is 37.8 Å².